The number of sulfonamides is 1. The van der Waals surface area contributed by atoms with Crippen LogP contribution in [0.1, 0.15) is 16.8 Å². The predicted molar refractivity (Wildman–Crippen MR) is 118 cm³/mol. The molecule has 0 saturated carbocycles. The SMILES string of the molecule is COc1ccc(N(C)S(=O)(=O)c2cccc(C(=O)N3CCCN(CC(F)(F)F)CC3)c2)cc1. The number of rotatable bonds is 6. The fraction of sp³-hybridized carbons (Fsp3) is 0.409. The van der Waals surface area contributed by atoms with Crippen LogP contribution in [-0.4, -0.2) is 77.2 Å². The van der Waals surface area contributed by atoms with Crippen molar-refractivity contribution in [3.63, 3.8) is 0 Å². The molecule has 1 aliphatic heterocycles. The number of hydrogen-bond acceptors (Lipinski definition) is 5. The Morgan fingerprint density at radius 1 is 1.06 bits per heavy atom. The van der Waals surface area contributed by atoms with E-state index in [0.717, 1.165) is 4.31 Å². The molecule has 1 amide bonds. The van der Waals surface area contributed by atoms with Gasteiger partial charge >= 0.3 is 6.18 Å². The Labute approximate surface area is 191 Å². The van der Waals surface area contributed by atoms with Gasteiger partial charge in [0.2, 0.25) is 0 Å². The van der Waals surface area contributed by atoms with Crippen LogP contribution in [0.3, 0.4) is 0 Å². The Bertz CT molecular complexity index is 1080. The Morgan fingerprint density at radius 2 is 1.76 bits per heavy atom. The van der Waals surface area contributed by atoms with Gasteiger partial charge < -0.3 is 9.64 Å². The van der Waals surface area contributed by atoms with E-state index < -0.39 is 28.7 Å². The van der Waals surface area contributed by atoms with E-state index in [-0.39, 0.29) is 30.1 Å². The van der Waals surface area contributed by atoms with Crippen molar-refractivity contribution in [2.24, 2.45) is 0 Å². The van der Waals surface area contributed by atoms with Gasteiger partial charge in [0.1, 0.15) is 5.75 Å². The van der Waals surface area contributed by atoms with E-state index in [1.54, 1.807) is 24.3 Å². The van der Waals surface area contributed by atoms with Crippen LogP contribution in [0, 0.1) is 0 Å². The molecule has 0 N–H and O–H groups in total. The summed E-state index contributed by atoms with van der Waals surface area (Å²) in [6.45, 7) is -0.234. The monoisotopic (exact) mass is 485 g/mol. The molecule has 7 nitrogen and oxygen atoms in total. The fourth-order valence-corrected chi connectivity index (χ4v) is 4.89. The van der Waals surface area contributed by atoms with Gasteiger partial charge in [0.15, 0.2) is 0 Å². The highest BCUT2D eigenvalue weighted by Gasteiger charge is 2.32. The van der Waals surface area contributed by atoms with Crippen LogP contribution in [-0.2, 0) is 10.0 Å². The van der Waals surface area contributed by atoms with Crippen LogP contribution in [0.4, 0.5) is 18.9 Å². The van der Waals surface area contributed by atoms with Gasteiger partial charge in [-0.15, -0.1) is 0 Å². The van der Waals surface area contributed by atoms with Crippen molar-refractivity contribution in [2.45, 2.75) is 17.5 Å². The zero-order valence-electron chi connectivity index (χ0n) is 18.4. The molecule has 11 heteroatoms. The zero-order valence-corrected chi connectivity index (χ0v) is 19.2. The van der Waals surface area contributed by atoms with Gasteiger partial charge in [0.25, 0.3) is 15.9 Å². The summed E-state index contributed by atoms with van der Waals surface area (Å²) in [6, 6.07) is 12.2. The van der Waals surface area contributed by atoms with E-state index >= 15 is 0 Å². The van der Waals surface area contributed by atoms with Gasteiger partial charge in [-0.2, -0.15) is 13.2 Å². The molecule has 0 atom stereocenters. The third-order valence-corrected chi connectivity index (χ3v) is 7.24. The van der Waals surface area contributed by atoms with Crippen molar-refractivity contribution in [1.82, 2.24) is 9.80 Å². The Morgan fingerprint density at radius 3 is 2.39 bits per heavy atom. The maximum Gasteiger partial charge on any atom is 0.401 e. The van der Waals surface area contributed by atoms with Gasteiger partial charge in [0, 0.05) is 38.8 Å². The highest BCUT2D eigenvalue weighted by atomic mass is 32.2. The minimum absolute atomic E-state index is 0.0554. The summed E-state index contributed by atoms with van der Waals surface area (Å²) < 4.78 is 70.5. The number of hydrogen-bond donors (Lipinski definition) is 0. The number of benzene rings is 2. The van der Waals surface area contributed by atoms with Crippen LogP contribution in [0.5, 0.6) is 5.75 Å². The summed E-state index contributed by atoms with van der Waals surface area (Å²) in [5.41, 5.74) is 0.591. The van der Waals surface area contributed by atoms with Crippen molar-refractivity contribution >= 4 is 21.6 Å². The number of amides is 1. The lowest BCUT2D eigenvalue weighted by atomic mass is 10.2. The molecule has 3 rings (SSSR count). The average Bonchev–Trinajstić information content (AvgIpc) is 3.02. The van der Waals surface area contributed by atoms with Crippen LogP contribution in [0.2, 0.25) is 0 Å². The lowest BCUT2D eigenvalue weighted by molar-refractivity contribution is -0.145. The Hall–Kier alpha value is -2.79. The molecule has 1 heterocycles. The van der Waals surface area contributed by atoms with Gasteiger partial charge in [-0.25, -0.2) is 8.42 Å². The van der Waals surface area contributed by atoms with Gasteiger partial charge in [-0.1, -0.05) is 6.07 Å². The number of methoxy groups -OCH3 is 1. The topological polar surface area (TPSA) is 70.2 Å². The molecule has 2 aromatic rings. The van der Waals surface area contributed by atoms with E-state index in [4.69, 9.17) is 4.74 Å². The van der Waals surface area contributed by atoms with Gasteiger partial charge in [0.05, 0.1) is 24.2 Å². The molecule has 0 bridgehead atoms. The lowest BCUT2D eigenvalue weighted by Crippen LogP contribution is -2.38. The molecule has 2 aromatic carbocycles. The highest BCUT2D eigenvalue weighted by molar-refractivity contribution is 7.92. The third kappa shape index (κ3) is 6.17. The summed E-state index contributed by atoms with van der Waals surface area (Å²) in [5.74, 6) is 0.177. The maximum absolute atomic E-state index is 13.1. The molecule has 1 fully saturated rings. The van der Waals surface area contributed by atoms with Crippen LogP contribution in [0.25, 0.3) is 0 Å². The van der Waals surface area contributed by atoms with Crippen molar-refractivity contribution < 1.29 is 31.1 Å². The van der Waals surface area contributed by atoms with Gasteiger partial charge in [-0.3, -0.25) is 14.0 Å². The summed E-state index contributed by atoms with van der Waals surface area (Å²) >= 11 is 0. The summed E-state index contributed by atoms with van der Waals surface area (Å²) in [5, 5.41) is 0. The number of carbonyl (C=O) groups is 1. The largest absolute Gasteiger partial charge is 0.497 e. The Balaban J connectivity index is 1.76. The van der Waals surface area contributed by atoms with Crippen molar-refractivity contribution in [2.75, 3.05) is 51.2 Å². The molecule has 1 saturated heterocycles. The number of halogens is 3. The first-order valence-electron chi connectivity index (χ1n) is 10.3. The second kappa shape index (κ2) is 10.0. The fourth-order valence-electron chi connectivity index (χ4n) is 3.65. The number of alkyl halides is 3. The smallest absolute Gasteiger partial charge is 0.401 e. The van der Waals surface area contributed by atoms with E-state index in [9.17, 15) is 26.4 Å². The van der Waals surface area contributed by atoms with E-state index in [2.05, 4.69) is 0 Å². The second-order valence-corrected chi connectivity index (χ2v) is 9.70. The standard InChI is InChI=1S/C22H26F3N3O4S/c1-26(18-7-9-19(32-2)10-8-18)33(30,31)20-6-3-5-17(15-20)21(29)28-12-4-11-27(13-14-28)16-22(23,24)25/h3,5-10,15H,4,11-14,16H2,1-2H3. The van der Waals surface area contributed by atoms with Crippen molar-refractivity contribution in [3.05, 3.63) is 54.1 Å². The molecule has 0 radical (unpaired) electrons. The first kappa shape index (κ1) is 24.8. The highest BCUT2D eigenvalue weighted by Crippen LogP contribution is 2.25. The number of carbonyl (C=O) groups excluding carboxylic acids is 1. The lowest BCUT2D eigenvalue weighted by Gasteiger charge is -2.23. The summed E-state index contributed by atoms with van der Waals surface area (Å²) in [6.07, 6.45) is -3.89. The van der Waals surface area contributed by atoms with Crippen LogP contribution >= 0.6 is 0 Å². The maximum atomic E-state index is 13.1. The zero-order chi connectivity index (χ0) is 24.2. The Kier molecular flexibility index (Phi) is 7.53. The third-order valence-electron chi connectivity index (χ3n) is 5.45. The summed E-state index contributed by atoms with van der Waals surface area (Å²) in [7, 11) is -1.02. The normalized spacial score (nSPS) is 15.7. The van der Waals surface area contributed by atoms with Crippen molar-refractivity contribution in [3.8, 4) is 5.75 Å². The molecule has 0 unspecified atom stereocenters. The molecule has 0 aromatic heterocycles. The summed E-state index contributed by atoms with van der Waals surface area (Å²) in [4.78, 5) is 15.7. The molecular weight excluding hydrogens is 459 g/mol. The number of ether oxygens (including phenoxy) is 1. The van der Waals surface area contributed by atoms with E-state index in [1.165, 1.54) is 48.2 Å². The molecule has 0 spiro atoms. The number of nitrogens with zero attached hydrogens (tertiary/aromatic N) is 3. The molecule has 180 valence electrons. The first-order chi connectivity index (χ1) is 15.5. The van der Waals surface area contributed by atoms with Crippen LogP contribution in [0.15, 0.2) is 53.4 Å². The minimum Gasteiger partial charge on any atom is -0.497 e. The predicted octanol–water partition coefficient (Wildman–Crippen LogP) is 3.23. The molecule has 1 aliphatic rings. The van der Waals surface area contributed by atoms with Gasteiger partial charge in [-0.05, 0) is 48.9 Å². The number of anilines is 1. The molecule has 33 heavy (non-hydrogen) atoms. The quantitative estimate of drug-likeness (QED) is 0.629. The van der Waals surface area contributed by atoms with Crippen molar-refractivity contribution in [1.29, 1.82) is 0 Å². The minimum atomic E-state index is -4.29. The second-order valence-electron chi connectivity index (χ2n) is 7.74. The average molecular weight is 486 g/mol. The molecule has 0 aliphatic carbocycles. The molecular formula is C22H26F3N3O4S. The van der Waals surface area contributed by atoms with E-state index in [1.807, 2.05) is 0 Å². The van der Waals surface area contributed by atoms with Crippen LogP contribution < -0.4 is 9.04 Å². The van der Waals surface area contributed by atoms with E-state index in [0.29, 0.717) is 24.4 Å². The first-order valence-corrected chi connectivity index (χ1v) is 11.8.